The second-order valence-electron chi connectivity index (χ2n) is 4.03. The number of rotatable bonds is 1. The minimum absolute atomic E-state index is 0.0222. The van der Waals surface area contributed by atoms with E-state index in [1.807, 2.05) is 0 Å². The highest BCUT2D eigenvalue weighted by Crippen LogP contribution is 2.34. The zero-order chi connectivity index (χ0) is 12.0. The summed E-state index contributed by atoms with van der Waals surface area (Å²) in [4.78, 5) is 0. The lowest BCUT2D eigenvalue weighted by Crippen LogP contribution is -2.27. The second-order valence-corrected chi connectivity index (χ2v) is 6.22. The van der Waals surface area contributed by atoms with E-state index in [1.54, 1.807) is 0 Å². The minimum Gasteiger partial charge on any atom is -0.384 e. The van der Waals surface area contributed by atoms with Crippen molar-refractivity contribution in [2.24, 2.45) is 0 Å². The van der Waals surface area contributed by atoms with Gasteiger partial charge in [-0.15, -0.1) is 0 Å². The van der Waals surface area contributed by atoms with Gasteiger partial charge in [-0.2, -0.15) is 0 Å². The van der Waals surface area contributed by atoms with Gasteiger partial charge in [0.1, 0.15) is 17.2 Å². The van der Waals surface area contributed by atoms with Crippen LogP contribution >= 0.6 is 0 Å². The number of halogens is 2. The van der Waals surface area contributed by atoms with E-state index < -0.39 is 32.8 Å². The first kappa shape index (κ1) is 11.5. The fourth-order valence-electron chi connectivity index (χ4n) is 1.88. The lowest BCUT2D eigenvalue weighted by molar-refractivity contribution is 0.0646. The molecule has 0 radical (unpaired) electrons. The van der Waals surface area contributed by atoms with Crippen molar-refractivity contribution in [3.8, 4) is 0 Å². The molecule has 6 heteroatoms. The fraction of sp³-hybridized carbons (Fsp3) is 0.400. The molecule has 0 bridgehead atoms. The predicted octanol–water partition coefficient (Wildman–Crippen LogP) is 0.971. The molecular formula is C10H10F2O3S. The minimum atomic E-state index is -3.32. The van der Waals surface area contributed by atoms with Crippen LogP contribution in [0, 0.1) is 11.6 Å². The summed E-state index contributed by atoms with van der Waals surface area (Å²) in [5.74, 6) is -2.30. The van der Waals surface area contributed by atoms with E-state index in [4.69, 9.17) is 0 Å². The van der Waals surface area contributed by atoms with Crippen LogP contribution in [0.2, 0.25) is 0 Å². The topological polar surface area (TPSA) is 54.4 Å². The van der Waals surface area contributed by atoms with E-state index in [-0.39, 0.29) is 17.7 Å². The van der Waals surface area contributed by atoms with Crippen molar-refractivity contribution in [3.05, 3.63) is 35.4 Å². The summed E-state index contributed by atoms with van der Waals surface area (Å²) in [6.07, 6.45) is -0.0295. The first-order valence-corrected chi connectivity index (χ1v) is 6.52. The molecule has 88 valence electrons. The maximum atomic E-state index is 12.9. The second kappa shape index (κ2) is 3.49. The maximum Gasteiger partial charge on any atom is 0.153 e. The van der Waals surface area contributed by atoms with E-state index >= 15 is 0 Å². The normalized spacial score (nSPS) is 28.2. The molecule has 1 fully saturated rings. The molecule has 0 aliphatic carbocycles. The Balaban J connectivity index is 2.45. The van der Waals surface area contributed by atoms with Crippen molar-refractivity contribution in [1.29, 1.82) is 0 Å². The van der Waals surface area contributed by atoms with Crippen LogP contribution in [0.15, 0.2) is 18.2 Å². The molecule has 1 aliphatic rings. The first-order chi connectivity index (χ1) is 7.31. The third kappa shape index (κ3) is 2.08. The monoisotopic (exact) mass is 248 g/mol. The Kier molecular flexibility index (Phi) is 2.51. The molecule has 0 spiro atoms. The Hall–Kier alpha value is -1.01. The van der Waals surface area contributed by atoms with E-state index in [9.17, 15) is 22.3 Å². The molecule has 1 atom stereocenters. The van der Waals surface area contributed by atoms with Crippen molar-refractivity contribution in [3.63, 3.8) is 0 Å². The molecule has 1 unspecified atom stereocenters. The average molecular weight is 248 g/mol. The average Bonchev–Trinajstić information content (AvgIpc) is 2.40. The van der Waals surface area contributed by atoms with Gasteiger partial charge in [-0.05, 0) is 24.1 Å². The van der Waals surface area contributed by atoms with E-state index in [0.717, 1.165) is 12.1 Å². The van der Waals surface area contributed by atoms with Crippen LogP contribution in [0.1, 0.15) is 12.0 Å². The van der Waals surface area contributed by atoms with E-state index in [0.29, 0.717) is 6.07 Å². The molecule has 1 N–H and O–H groups in total. The maximum absolute atomic E-state index is 12.9. The summed E-state index contributed by atoms with van der Waals surface area (Å²) >= 11 is 0. The Morgan fingerprint density at radius 1 is 1.19 bits per heavy atom. The van der Waals surface area contributed by atoms with Gasteiger partial charge in [-0.25, -0.2) is 17.2 Å². The zero-order valence-electron chi connectivity index (χ0n) is 8.28. The number of hydrogen-bond acceptors (Lipinski definition) is 3. The van der Waals surface area contributed by atoms with Crippen molar-refractivity contribution < 1.29 is 22.3 Å². The lowest BCUT2D eigenvalue weighted by Gasteiger charge is -2.21. The standard InChI is InChI=1S/C10H10F2O3S/c11-8-3-7(4-9(12)5-8)10(13)1-2-16(14,15)6-10/h3-5,13H,1-2,6H2. The molecule has 0 aromatic heterocycles. The summed E-state index contributed by atoms with van der Waals surface area (Å²) in [6, 6.07) is 2.60. The van der Waals surface area contributed by atoms with Gasteiger partial charge in [0.15, 0.2) is 9.84 Å². The summed E-state index contributed by atoms with van der Waals surface area (Å²) in [7, 11) is -3.32. The molecule has 1 aliphatic heterocycles. The van der Waals surface area contributed by atoms with Crippen LogP contribution in [-0.4, -0.2) is 25.0 Å². The third-order valence-corrected chi connectivity index (χ3v) is 4.43. The fourth-order valence-corrected chi connectivity index (χ4v) is 3.71. The molecule has 3 nitrogen and oxygen atoms in total. The molecule has 0 saturated carbocycles. The number of aliphatic hydroxyl groups is 1. The first-order valence-electron chi connectivity index (χ1n) is 4.70. The number of sulfone groups is 1. The highest BCUT2D eigenvalue weighted by Gasteiger charge is 2.42. The molecule has 1 saturated heterocycles. The van der Waals surface area contributed by atoms with Crippen molar-refractivity contribution in [2.45, 2.75) is 12.0 Å². The van der Waals surface area contributed by atoms with Crippen LogP contribution < -0.4 is 0 Å². The molecule has 0 amide bonds. The molecule has 16 heavy (non-hydrogen) atoms. The van der Waals surface area contributed by atoms with Gasteiger partial charge in [0.25, 0.3) is 0 Å². The van der Waals surface area contributed by atoms with Crippen molar-refractivity contribution in [2.75, 3.05) is 11.5 Å². The Morgan fingerprint density at radius 3 is 2.19 bits per heavy atom. The summed E-state index contributed by atoms with van der Waals surface area (Å²) in [6.45, 7) is 0. The van der Waals surface area contributed by atoms with Crippen molar-refractivity contribution >= 4 is 9.84 Å². The van der Waals surface area contributed by atoms with Gasteiger partial charge < -0.3 is 5.11 Å². The van der Waals surface area contributed by atoms with Crippen LogP contribution in [-0.2, 0) is 15.4 Å². The Bertz CT molecular complexity index is 507. The summed E-state index contributed by atoms with van der Waals surface area (Å²) in [5, 5.41) is 10.0. The highest BCUT2D eigenvalue weighted by molar-refractivity contribution is 7.91. The molecule has 1 aromatic carbocycles. The van der Waals surface area contributed by atoms with Gasteiger partial charge in [0.2, 0.25) is 0 Å². The smallest absolute Gasteiger partial charge is 0.153 e. The predicted molar refractivity (Wildman–Crippen MR) is 53.5 cm³/mol. The van der Waals surface area contributed by atoms with Crippen LogP contribution in [0.25, 0.3) is 0 Å². The Morgan fingerprint density at radius 2 is 1.75 bits per heavy atom. The number of hydrogen-bond donors (Lipinski definition) is 1. The highest BCUT2D eigenvalue weighted by atomic mass is 32.2. The lowest BCUT2D eigenvalue weighted by atomic mass is 9.93. The zero-order valence-corrected chi connectivity index (χ0v) is 9.10. The van der Waals surface area contributed by atoms with E-state index in [2.05, 4.69) is 0 Å². The largest absolute Gasteiger partial charge is 0.384 e. The van der Waals surface area contributed by atoms with E-state index in [1.165, 1.54) is 0 Å². The molecule has 1 heterocycles. The van der Waals surface area contributed by atoms with Crippen LogP contribution in [0.4, 0.5) is 8.78 Å². The molecular weight excluding hydrogens is 238 g/mol. The van der Waals surface area contributed by atoms with Gasteiger partial charge in [0, 0.05) is 6.07 Å². The third-order valence-electron chi connectivity index (χ3n) is 2.69. The SMILES string of the molecule is O=S1(=O)CCC(O)(c2cc(F)cc(F)c2)C1. The van der Waals surface area contributed by atoms with Crippen LogP contribution in [0.5, 0.6) is 0 Å². The molecule has 1 aromatic rings. The summed E-state index contributed by atoms with van der Waals surface area (Å²) < 4.78 is 48.4. The summed E-state index contributed by atoms with van der Waals surface area (Å²) in [5.41, 5.74) is -1.69. The van der Waals surface area contributed by atoms with Crippen LogP contribution in [0.3, 0.4) is 0 Å². The van der Waals surface area contributed by atoms with Gasteiger partial charge in [-0.1, -0.05) is 0 Å². The van der Waals surface area contributed by atoms with Gasteiger partial charge in [-0.3, -0.25) is 0 Å². The Labute approximate surface area is 91.6 Å². The van der Waals surface area contributed by atoms with Gasteiger partial charge in [0.05, 0.1) is 11.5 Å². The van der Waals surface area contributed by atoms with Gasteiger partial charge >= 0.3 is 0 Å². The molecule has 2 rings (SSSR count). The number of benzene rings is 1. The quantitative estimate of drug-likeness (QED) is 0.805. The van der Waals surface area contributed by atoms with Crippen molar-refractivity contribution in [1.82, 2.24) is 0 Å².